The first-order valence-electron chi connectivity index (χ1n) is 18.5. The van der Waals surface area contributed by atoms with Gasteiger partial charge in [-0.1, -0.05) is 58.9 Å². The molecule has 0 spiro atoms. The van der Waals surface area contributed by atoms with Crippen LogP contribution in [0.1, 0.15) is 47.2 Å². The molecule has 320 valence electrons. The fourth-order valence-corrected chi connectivity index (χ4v) is 10.6. The standard InChI is InChI=1S/2C21H21ClFN3S.4ClH.H2O/c2*22-16-2-5-20-15(12-16)13-19(18-4-3-17(23)14-21(18)27-20)26-10-8-25(9-11-26)7-1-6-24;;;;;/h2*2-5,12,14,19H,1,7-11,13H2;4*1H;1H2. The molecule has 59 heavy (non-hydrogen) atoms. The summed E-state index contributed by atoms with van der Waals surface area (Å²) in [7, 11) is 0. The Labute approximate surface area is 389 Å². The summed E-state index contributed by atoms with van der Waals surface area (Å²) in [6.07, 6.45) is 2.90. The summed E-state index contributed by atoms with van der Waals surface area (Å²) < 4.78 is 27.9. The summed E-state index contributed by atoms with van der Waals surface area (Å²) in [5.41, 5.74) is 4.83. The maximum atomic E-state index is 13.9. The Kier molecular flexibility index (Phi) is 22.6. The van der Waals surface area contributed by atoms with Crippen LogP contribution in [0.15, 0.2) is 92.4 Å². The molecule has 4 aliphatic heterocycles. The van der Waals surface area contributed by atoms with Crippen molar-refractivity contribution >= 4 is 96.4 Å². The van der Waals surface area contributed by atoms with Gasteiger partial charge >= 0.3 is 0 Å². The van der Waals surface area contributed by atoms with Crippen LogP contribution in [0.3, 0.4) is 0 Å². The predicted octanol–water partition coefficient (Wildman–Crippen LogP) is 10.4. The molecule has 0 saturated carbocycles. The number of hydrogen-bond donors (Lipinski definition) is 0. The number of benzene rings is 4. The van der Waals surface area contributed by atoms with Crippen molar-refractivity contribution in [3.05, 3.63) is 117 Å². The molecule has 0 bridgehead atoms. The molecule has 8 rings (SSSR count). The van der Waals surface area contributed by atoms with Crippen molar-refractivity contribution in [3.63, 3.8) is 0 Å². The van der Waals surface area contributed by atoms with Gasteiger partial charge in [0, 0.05) is 120 Å². The van der Waals surface area contributed by atoms with Gasteiger partial charge < -0.3 is 5.48 Å². The first kappa shape index (κ1) is 53.1. The molecule has 0 amide bonds. The molecule has 0 radical (unpaired) electrons. The Morgan fingerprint density at radius 3 is 1.27 bits per heavy atom. The summed E-state index contributed by atoms with van der Waals surface area (Å²) in [4.78, 5) is 14.0. The zero-order valence-corrected chi connectivity index (χ0v) is 38.5. The average Bonchev–Trinajstić information content (AvgIpc) is 3.43. The van der Waals surface area contributed by atoms with Gasteiger partial charge in [0.2, 0.25) is 0 Å². The zero-order valence-electron chi connectivity index (χ0n) is 32.1. The van der Waals surface area contributed by atoms with Gasteiger partial charge in [0.05, 0.1) is 12.1 Å². The van der Waals surface area contributed by atoms with Crippen LogP contribution in [0.25, 0.3) is 0 Å². The summed E-state index contributed by atoms with van der Waals surface area (Å²) in [5.74, 6) is -0.391. The lowest BCUT2D eigenvalue weighted by Gasteiger charge is -2.39. The van der Waals surface area contributed by atoms with Gasteiger partial charge in [-0.3, -0.25) is 19.6 Å². The van der Waals surface area contributed by atoms with Crippen molar-refractivity contribution in [1.82, 2.24) is 19.6 Å². The van der Waals surface area contributed by atoms with E-state index in [1.54, 1.807) is 47.8 Å². The van der Waals surface area contributed by atoms with E-state index in [1.165, 1.54) is 22.3 Å². The lowest BCUT2D eigenvalue weighted by atomic mass is 9.96. The van der Waals surface area contributed by atoms with E-state index in [1.807, 2.05) is 48.5 Å². The van der Waals surface area contributed by atoms with Crippen molar-refractivity contribution in [1.29, 1.82) is 10.5 Å². The molecule has 4 aromatic carbocycles. The highest BCUT2D eigenvalue weighted by Crippen LogP contribution is 2.45. The molecule has 17 heteroatoms. The van der Waals surface area contributed by atoms with Gasteiger partial charge in [0.25, 0.3) is 0 Å². The predicted molar refractivity (Wildman–Crippen MR) is 246 cm³/mol. The number of halogens is 8. The quantitative estimate of drug-likeness (QED) is 0.189. The van der Waals surface area contributed by atoms with Crippen LogP contribution in [0, 0.1) is 34.3 Å². The fraction of sp³-hybridized carbons (Fsp3) is 0.381. The number of piperazine rings is 2. The summed E-state index contributed by atoms with van der Waals surface area (Å²) in [6.45, 7) is 9.33. The third-order valence-corrected chi connectivity index (χ3v) is 13.6. The van der Waals surface area contributed by atoms with E-state index in [9.17, 15) is 8.78 Å². The SMILES string of the molecule is Cl.Cl.Cl.Cl.N#CCCN1CCN(C2Cc3cc(Cl)ccc3Sc3cc(F)ccc32)CC1.N#CCCN1CCN(C2Cc3cc(Cl)ccc3Sc3cc(F)ccc32)CC1.O. The van der Waals surface area contributed by atoms with Crippen molar-refractivity contribution in [2.24, 2.45) is 0 Å². The Morgan fingerprint density at radius 1 is 0.542 bits per heavy atom. The topological polar surface area (TPSA) is 92.0 Å². The van der Waals surface area contributed by atoms with Crippen LogP contribution in [0.5, 0.6) is 0 Å². The molecule has 0 aliphatic carbocycles. The normalized spacial score (nSPS) is 18.7. The lowest BCUT2D eigenvalue weighted by Crippen LogP contribution is -2.48. The van der Waals surface area contributed by atoms with E-state index in [0.29, 0.717) is 12.8 Å². The van der Waals surface area contributed by atoms with E-state index >= 15 is 0 Å². The van der Waals surface area contributed by atoms with Gasteiger partial charge in [-0.25, -0.2) is 8.78 Å². The van der Waals surface area contributed by atoms with E-state index in [2.05, 4.69) is 31.7 Å². The Bertz CT molecular complexity index is 1920. The zero-order chi connectivity index (χ0) is 37.6. The van der Waals surface area contributed by atoms with Crippen LogP contribution in [0.2, 0.25) is 10.0 Å². The molecule has 4 aromatic rings. The van der Waals surface area contributed by atoms with Crippen molar-refractivity contribution in [2.45, 2.75) is 57.3 Å². The van der Waals surface area contributed by atoms with Crippen LogP contribution in [-0.4, -0.2) is 90.5 Å². The number of rotatable bonds is 6. The van der Waals surface area contributed by atoms with Gasteiger partial charge in [-0.2, -0.15) is 10.5 Å². The Hall–Kier alpha value is -2.04. The molecule has 2 fully saturated rings. The van der Waals surface area contributed by atoms with Gasteiger partial charge in [0.1, 0.15) is 11.6 Å². The van der Waals surface area contributed by atoms with Crippen LogP contribution in [-0.2, 0) is 12.8 Å². The second-order valence-electron chi connectivity index (χ2n) is 14.1. The number of hydrogen-bond acceptors (Lipinski definition) is 8. The summed E-state index contributed by atoms with van der Waals surface area (Å²) in [6, 6.07) is 27.2. The highest BCUT2D eigenvalue weighted by Gasteiger charge is 2.32. The fourth-order valence-electron chi connectivity index (χ4n) is 7.90. The Morgan fingerprint density at radius 2 is 0.915 bits per heavy atom. The summed E-state index contributed by atoms with van der Waals surface area (Å²) in [5, 5.41) is 19.1. The monoisotopic (exact) mass is 964 g/mol. The maximum Gasteiger partial charge on any atom is 0.124 e. The molecule has 2 N–H and O–H groups in total. The molecule has 4 heterocycles. The third kappa shape index (κ3) is 13.5. The maximum absolute atomic E-state index is 13.9. The largest absolute Gasteiger partial charge is 0.412 e. The smallest absolute Gasteiger partial charge is 0.124 e. The highest BCUT2D eigenvalue weighted by atomic mass is 35.5. The number of fused-ring (bicyclic) bond motifs is 4. The molecular formula is C42H48Cl6F2N6OS2. The van der Waals surface area contributed by atoms with Crippen LogP contribution >= 0.6 is 96.4 Å². The van der Waals surface area contributed by atoms with Crippen molar-refractivity contribution in [2.75, 3.05) is 65.4 Å². The van der Waals surface area contributed by atoms with E-state index in [-0.39, 0.29) is 78.8 Å². The number of nitriles is 2. The molecule has 2 atom stereocenters. The lowest BCUT2D eigenvalue weighted by molar-refractivity contribution is 0.0957. The van der Waals surface area contributed by atoms with E-state index in [0.717, 1.165) is 108 Å². The average molecular weight is 968 g/mol. The van der Waals surface area contributed by atoms with E-state index in [4.69, 9.17) is 33.7 Å². The summed E-state index contributed by atoms with van der Waals surface area (Å²) >= 11 is 15.8. The minimum absolute atomic E-state index is 0. The van der Waals surface area contributed by atoms with Crippen LogP contribution in [0.4, 0.5) is 8.78 Å². The molecule has 4 aliphatic rings. The van der Waals surface area contributed by atoms with E-state index < -0.39 is 0 Å². The van der Waals surface area contributed by atoms with Gasteiger partial charge in [-0.05, 0) is 95.8 Å². The minimum Gasteiger partial charge on any atom is -0.412 e. The van der Waals surface area contributed by atoms with Crippen molar-refractivity contribution in [3.8, 4) is 12.1 Å². The van der Waals surface area contributed by atoms with Crippen molar-refractivity contribution < 1.29 is 14.3 Å². The van der Waals surface area contributed by atoms with Crippen LogP contribution < -0.4 is 0 Å². The third-order valence-electron chi connectivity index (χ3n) is 10.8. The number of nitrogens with zero attached hydrogens (tertiary/aromatic N) is 6. The second kappa shape index (κ2) is 25.2. The first-order chi connectivity index (χ1) is 26.3. The molecule has 7 nitrogen and oxygen atoms in total. The highest BCUT2D eigenvalue weighted by molar-refractivity contribution is 7.99. The molecule has 2 unspecified atom stereocenters. The minimum atomic E-state index is -0.196. The second-order valence-corrected chi connectivity index (χ2v) is 17.1. The molecule has 0 aromatic heterocycles. The molecule has 2 saturated heterocycles. The van der Waals surface area contributed by atoms with Gasteiger partial charge in [-0.15, -0.1) is 49.6 Å². The van der Waals surface area contributed by atoms with Gasteiger partial charge in [0.15, 0.2) is 0 Å². The molecular weight excluding hydrogens is 919 g/mol. The first-order valence-corrected chi connectivity index (χ1v) is 20.8. The Balaban J connectivity index is 0.000000375.